The molecular formula is C6H7NO2S. The molecule has 1 rings (SSSR count). The fourth-order valence-corrected chi connectivity index (χ4v) is 1.06. The summed E-state index contributed by atoms with van der Waals surface area (Å²) >= 11 is 1.37. The number of carboxylic acids is 1. The summed E-state index contributed by atoms with van der Waals surface area (Å²) in [4.78, 5) is 10.4. The van der Waals surface area contributed by atoms with Crippen LogP contribution in [0.1, 0.15) is 6.42 Å². The highest BCUT2D eigenvalue weighted by molar-refractivity contribution is 8.00. The molecule has 0 radical (unpaired) electrons. The van der Waals surface area contributed by atoms with Crippen molar-refractivity contribution in [1.82, 2.24) is 4.72 Å². The lowest BCUT2D eigenvalue weighted by Gasteiger charge is -1.93. The summed E-state index contributed by atoms with van der Waals surface area (Å²) in [5, 5.41) is 10.3. The van der Waals surface area contributed by atoms with Crippen molar-refractivity contribution in [1.29, 1.82) is 0 Å². The number of hydrogen-bond donors (Lipinski definition) is 2. The second-order valence-corrected chi connectivity index (χ2v) is 2.53. The number of allylic oxidation sites excluding steroid dienone is 1. The lowest BCUT2D eigenvalue weighted by atomic mass is 10.2. The average Bonchev–Trinajstić information content (AvgIpc) is 2.12. The van der Waals surface area contributed by atoms with E-state index in [4.69, 9.17) is 5.11 Å². The van der Waals surface area contributed by atoms with Crippen molar-refractivity contribution in [3.8, 4) is 0 Å². The number of nitrogens with one attached hydrogen (secondary N) is 1. The predicted molar refractivity (Wildman–Crippen MR) is 40.2 cm³/mol. The molecule has 3 nitrogen and oxygen atoms in total. The molecule has 0 spiro atoms. The third-order valence-corrected chi connectivity index (χ3v) is 1.66. The molecule has 0 aliphatic carbocycles. The maximum atomic E-state index is 10.4. The summed E-state index contributed by atoms with van der Waals surface area (Å²) in [5.74, 6) is -0.861. The largest absolute Gasteiger partial charge is 0.478 e. The highest BCUT2D eigenvalue weighted by Crippen LogP contribution is 2.09. The summed E-state index contributed by atoms with van der Waals surface area (Å²) in [5.41, 5.74) is 0.390. The van der Waals surface area contributed by atoms with Gasteiger partial charge in [-0.2, -0.15) is 0 Å². The Balaban J connectivity index is 2.65. The van der Waals surface area contributed by atoms with Crippen molar-refractivity contribution in [2.24, 2.45) is 0 Å². The summed E-state index contributed by atoms with van der Waals surface area (Å²) < 4.78 is 2.77. The minimum Gasteiger partial charge on any atom is -0.478 e. The lowest BCUT2D eigenvalue weighted by Crippen LogP contribution is -2.01. The van der Waals surface area contributed by atoms with Crippen LogP contribution in [-0.4, -0.2) is 11.1 Å². The van der Waals surface area contributed by atoms with Crippen molar-refractivity contribution in [3.05, 3.63) is 23.3 Å². The average molecular weight is 157 g/mol. The van der Waals surface area contributed by atoms with Crippen LogP contribution in [0, 0.1) is 0 Å². The first kappa shape index (κ1) is 7.21. The molecule has 1 heterocycles. The van der Waals surface area contributed by atoms with Crippen molar-refractivity contribution in [2.75, 3.05) is 0 Å². The molecule has 0 saturated carbocycles. The Labute approximate surface area is 62.9 Å². The highest BCUT2D eigenvalue weighted by Gasteiger charge is 2.05. The van der Waals surface area contributed by atoms with E-state index >= 15 is 0 Å². The van der Waals surface area contributed by atoms with E-state index in [9.17, 15) is 4.79 Å². The Morgan fingerprint density at radius 3 is 3.30 bits per heavy atom. The van der Waals surface area contributed by atoms with Crippen LogP contribution in [0.4, 0.5) is 0 Å². The third kappa shape index (κ3) is 1.80. The normalized spacial score (nSPS) is 17.0. The van der Waals surface area contributed by atoms with Crippen molar-refractivity contribution < 1.29 is 9.90 Å². The Morgan fingerprint density at radius 2 is 2.60 bits per heavy atom. The third-order valence-electron chi connectivity index (χ3n) is 1.08. The summed E-state index contributed by atoms with van der Waals surface area (Å²) in [6.45, 7) is 0. The van der Waals surface area contributed by atoms with E-state index in [1.807, 2.05) is 11.5 Å². The molecule has 2 N–H and O–H groups in total. The highest BCUT2D eigenvalue weighted by atomic mass is 32.2. The van der Waals surface area contributed by atoms with E-state index in [1.165, 1.54) is 18.1 Å². The molecule has 0 saturated heterocycles. The molecule has 0 bridgehead atoms. The van der Waals surface area contributed by atoms with E-state index in [1.54, 1.807) is 0 Å². The van der Waals surface area contributed by atoms with Crippen LogP contribution in [0.3, 0.4) is 0 Å². The van der Waals surface area contributed by atoms with Crippen LogP contribution < -0.4 is 4.72 Å². The van der Waals surface area contributed by atoms with Crippen LogP contribution in [0.25, 0.3) is 0 Å². The molecular weight excluding hydrogens is 150 g/mol. The van der Waals surface area contributed by atoms with Gasteiger partial charge in [0.1, 0.15) is 0 Å². The molecule has 0 amide bonds. The summed E-state index contributed by atoms with van der Waals surface area (Å²) in [6.07, 6.45) is 3.81. The Hall–Kier alpha value is -0.900. The first-order valence-corrected chi connectivity index (χ1v) is 3.67. The van der Waals surface area contributed by atoms with Gasteiger partial charge >= 0.3 is 5.97 Å². The fraction of sp³-hybridized carbons (Fsp3) is 0.167. The SMILES string of the molecule is O=C(O)C1=CNSC=CC1. The Kier molecular flexibility index (Phi) is 2.39. The zero-order chi connectivity index (χ0) is 7.40. The molecule has 0 aromatic rings. The molecule has 1 aliphatic heterocycles. The van der Waals surface area contributed by atoms with Crippen LogP contribution >= 0.6 is 11.9 Å². The molecule has 0 aromatic heterocycles. The Morgan fingerprint density at radius 1 is 1.80 bits per heavy atom. The van der Waals surface area contributed by atoms with Gasteiger partial charge in [0, 0.05) is 6.20 Å². The van der Waals surface area contributed by atoms with E-state index in [0.29, 0.717) is 12.0 Å². The van der Waals surface area contributed by atoms with Gasteiger partial charge in [0.25, 0.3) is 0 Å². The van der Waals surface area contributed by atoms with Crippen molar-refractivity contribution in [3.63, 3.8) is 0 Å². The van der Waals surface area contributed by atoms with Crippen LogP contribution in [0.2, 0.25) is 0 Å². The molecule has 0 fully saturated rings. The van der Waals surface area contributed by atoms with Crippen LogP contribution in [0.5, 0.6) is 0 Å². The van der Waals surface area contributed by atoms with E-state index < -0.39 is 5.97 Å². The van der Waals surface area contributed by atoms with E-state index in [-0.39, 0.29) is 0 Å². The predicted octanol–water partition coefficient (Wildman–Crippen LogP) is 1.11. The summed E-state index contributed by atoms with van der Waals surface area (Å²) in [7, 11) is 0. The number of aliphatic carboxylic acids is 1. The summed E-state index contributed by atoms with van der Waals surface area (Å²) in [6, 6.07) is 0. The van der Waals surface area contributed by atoms with Gasteiger partial charge in [0.05, 0.1) is 5.57 Å². The van der Waals surface area contributed by atoms with Gasteiger partial charge in [0.15, 0.2) is 0 Å². The lowest BCUT2D eigenvalue weighted by molar-refractivity contribution is -0.132. The van der Waals surface area contributed by atoms with Gasteiger partial charge in [-0.05, 0) is 23.8 Å². The van der Waals surface area contributed by atoms with Gasteiger partial charge in [-0.25, -0.2) is 4.79 Å². The molecule has 0 atom stereocenters. The van der Waals surface area contributed by atoms with Gasteiger partial charge in [-0.1, -0.05) is 6.08 Å². The van der Waals surface area contributed by atoms with Gasteiger partial charge < -0.3 is 9.83 Å². The first-order valence-electron chi connectivity index (χ1n) is 2.79. The second-order valence-electron chi connectivity index (χ2n) is 1.79. The maximum absolute atomic E-state index is 10.4. The number of hydrogen-bond acceptors (Lipinski definition) is 3. The second kappa shape index (κ2) is 3.31. The monoisotopic (exact) mass is 157 g/mol. The van der Waals surface area contributed by atoms with E-state index in [2.05, 4.69) is 4.72 Å². The zero-order valence-electron chi connectivity index (χ0n) is 5.20. The number of carbonyl (C=O) groups is 1. The molecule has 54 valence electrons. The van der Waals surface area contributed by atoms with Crippen molar-refractivity contribution in [2.45, 2.75) is 6.42 Å². The van der Waals surface area contributed by atoms with Crippen LogP contribution in [-0.2, 0) is 4.79 Å². The van der Waals surface area contributed by atoms with Gasteiger partial charge in [-0.15, -0.1) is 0 Å². The maximum Gasteiger partial charge on any atom is 0.333 e. The number of carboxylic acid groups (broad SMARTS) is 1. The molecule has 0 aromatic carbocycles. The van der Waals surface area contributed by atoms with Crippen molar-refractivity contribution >= 4 is 17.9 Å². The first-order chi connectivity index (χ1) is 4.80. The van der Waals surface area contributed by atoms with Crippen LogP contribution in [0.15, 0.2) is 23.3 Å². The zero-order valence-corrected chi connectivity index (χ0v) is 6.02. The van der Waals surface area contributed by atoms with Gasteiger partial charge in [-0.3, -0.25) is 0 Å². The molecule has 1 aliphatic rings. The standard InChI is InChI=1S/C6H7NO2S/c8-6(9)5-2-1-3-10-7-4-5/h1,3-4,7H,2H2,(H,8,9). The van der Waals surface area contributed by atoms with E-state index in [0.717, 1.165) is 0 Å². The Bertz CT molecular complexity index is 198. The smallest absolute Gasteiger partial charge is 0.333 e. The fourth-order valence-electron chi connectivity index (χ4n) is 0.576. The molecule has 10 heavy (non-hydrogen) atoms. The van der Waals surface area contributed by atoms with Gasteiger partial charge in [0.2, 0.25) is 0 Å². The minimum atomic E-state index is -0.861. The molecule has 0 unspecified atom stereocenters. The molecule has 4 heteroatoms. The minimum absolute atomic E-state index is 0.390. The topological polar surface area (TPSA) is 49.3 Å². The number of rotatable bonds is 1. The quantitative estimate of drug-likeness (QED) is 0.560.